The monoisotopic (exact) mass is 530 g/mol. The molecule has 1 atom stereocenters. The van der Waals surface area contributed by atoms with Gasteiger partial charge in [-0.3, -0.25) is 4.90 Å². The van der Waals surface area contributed by atoms with Gasteiger partial charge in [0.05, 0.1) is 6.10 Å². The minimum Gasteiger partial charge on any atom is -0.480 e. The third-order valence-electron chi connectivity index (χ3n) is 7.74. The van der Waals surface area contributed by atoms with Crippen molar-refractivity contribution < 1.29 is 15.0 Å². The summed E-state index contributed by atoms with van der Waals surface area (Å²) in [6.07, 6.45) is 4.89. The molecule has 1 aliphatic heterocycles. The van der Waals surface area contributed by atoms with E-state index in [1.165, 1.54) is 16.7 Å². The van der Waals surface area contributed by atoms with Crippen molar-refractivity contribution in [3.8, 4) is 11.1 Å². The largest absolute Gasteiger partial charge is 0.480 e. The van der Waals surface area contributed by atoms with E-state index in [9.17, 15) is 15.0 Å². The molecule has 0 aromatic heterocycles. The van der Waals surface area contributed by atoms with Gasteiger partial charge in [0.1, 0.15) is 6.04 Å². The number of hydrogen-bond acceptors (Lipinski definition) is 4. The van der Waals surface area contributed by atoms with E-state index in [4.69, 9.17) is 11.6 Å². The second-order valence-corrected chi connectivity index (χ2v) is 10.8. The molecule has 1 unspecified atom stereocenters. The second-order valence-electron chi connectivity index (χ2n) is 10.4. The lowest BCUT2D eigenvalue weighted by Gasteiger charge is -2.30. The smallest absolute Gasteiger partial charge is 0.326 e. The van der Waals surface area contributed by atoms with Crippen LogP contribution in [-0.4, -0.2) is 46.3 Å². The average molecular weight is 531 g/mol. The van der Waals surface area contributed by atoms with Crippen LogP contribution in [0.5, 0.6) is 0 Å². The third-order valence-corrected chi connectivity index (χ3v) is 8.07. The van der Waals surface area contributed by atoms with Crippen LogP contribution in [0.25, 0.3) is 16.8 Å². The molecular formula is C32H35ClN2O3. The highest BCUT2D eigenvalue weighted by Crippen LogP contribution is 2.35. The maximum absolute atomic E-state index is 12.3. The van der Waals surface area contributed by atoms with Gasteiger partial charge in [-0.2, -0.15) is 0 Å². The molecule has 1 heterocycles. The molecule has 3 aromatic rings. The molecule has 2 fully saturated rings. The number of rotatable bonds is 9. The zero-order valence-corrected chi connectivity index (χ0v) is 22.3. The first kappa shape index (κ1) is 26.5. The fraction of sp³-hybridized carbons (Fsp3) is 0.344. The number of piperidine rings is 1. The number of aliphatic hydroxyl groups excluding tert-OH is 1. The average Bonchev–Trinajstić information content (AvgIpc) is 2.89. The van der Waals surface area contributed by atoms with Gasteiger partial charge < -0.3 is 15.5 Å². The highest BCUT2D eigenvalue weighted by Gasteiger charge is 2.25. The van der Waals surface area contributed by atoms with Crippen molar-refractivity contribution in [1.82, 2.24) is 10.2 Å². The Balaban J connectivity index is 1.32. The number of hydrogen-bond donors (Lipinski definition) is 3. The van der Waals surface area contributed by atoms with E-state index >= 15 is 0 Å². The Labute approximate surface area is 229 Å². The predicted molar refractivity (Wildman–Crippen MR) is 153 cm³/mol. The van der Waals surface area contributed by atoms with Crippen LogP contribution in [0, 0.1) is 0 Å². The number of aliphatic hydroxyl groups is 1. The number of carbonyl (C=O) groups is 1. The molecule has 3 N–H and O–H groups in total. The molecule has 0 spiro atoms. The molecule has 198 valence electrons. The van der Waals surface area contributed by atoms with Gasteiger partial charge >= 0.3 is 5.97 Å². The van der Waals surface area contributed by atoms with Gasteiger partial charge in [-0.1, -0.05) is 78.3 Å². The van der Waals surface area contributed by atoms with Gasteiger partial charge in [-0.05, 0) is 66.0 Å². The van der Waals surface area contributed by atoms with Crippen molar-refractivity contribution in [1.29, 1.82) is 0 Å². The molecule has 38 heavy (non-hydrogen) atoms. The Kier molecular flexibility index (Phi) is 8.48. The normalized spacial score (nSPS) is 17.1. The standard InChI is InChI=1S/C32H35ClN2O3/c33-29-11-4-3-10-28(29)31(24-7-5-8-24)34-30(32(37)38)20-22-12-14-23(15-13-22)27-9-2-1-6-25(27)21-35-18-16-26(36)17-19-35/h1-4,6,9-15,26,30,34,36H,5,7-8,16-21H2,(H,37,38). The van der Waals surface area contributed by atoms with Crippen LogP contribution < -0.4 is 5.32 Å². The molecule has 1 saturated carbocycles. The van der Waals surface area contributed by atoms with Gasteiger partial charge in [0, 0.05) is 42.3 Å². The van der Waals surface area contributed by atoms with Gasteiger partial charge in [-0.15, -0.1) is 0 Å². The Bertz CT molecular complexity index is 1290. The maximum Gasteiger partial charge on any atom is 0.326 e. The molecule has 1 aliphatic carbocycles. The van der Waals surface area contributed by atoms with Crippen LogP contribution in [0.1, 0.15) is 48.8 Å². The zero-order valence-electron chi connectivity index (χ0n) is 21.6. The van der Waals surface area contributed by atoms with E-state index in [1.807, 2.05) is 36.4 Å². The zero-order chi connectivity index (χ0) is 26.5. The Morgan fingerprint density at radius 3 is 2.32 bits per heavy atom. The van der Waals surface area contributed by atoms with Crippen molar-refractivity contribution in [2.75, 3.05) is 13.1 Å². The fourth-order valence-corrected chi connectivity index (χ4v) is 5.56. The molecule has 0 bridgehead atoms. The van der Waals surface area contributed by atoms with Crippen LogP contribution in [0.3, 0.4) is 0 Å². The van der Waals surface area contributed by atoms with E-state index in [0.717, 1.165) is 74.1 Å². The summed E-state index contributed by atoms with van der Waals surface area (Å²) in [5.74, 6) is -0.879. The topological polar surface area (TPSA) is 72.8 Å². The third kappa shape index (κ3) is 6.29. The van der Waals surface area contributed by atoms with Crippen molar-refractivity contribution in [2.24, 2.45) is 0 Å². The lowest BCUT2D eigenvalue weighted by Crippen LogP contribution is -2.38. The molecule has 0 radical (unpaired) electrons. The fourth-order valence-electron chi connectivity index (χ4n) is 5.33. The minimum atomic E-state index is -0.879. The summed E-state index contributed by atoms with van der Waals surface area (Å²) in [5.41, 5.74) is 7.50. The van der Waals surface area contributed by atoms with E-state index in [2.05, 4.69) is 46.6 Å². The van der Waals surface area contributed by atoms with Crippen molar-refractivity contribution in [3.63, 3.8) is 0 Å². The first-order valence-electron chi connectivity index (χ1n) is 13.5. The molecule has 2 aliphatic rings. The van der Waals surface area contributed by atoms with Crippen LogP contribution in [0.4, 0.5) is 0 Å². The van der Waals surface area contributed by atoms with Gasteiger partial charge in [0.25, 0.3) is 0 Å². The van der Waals surface area contributed by atoms with Crippen molar-refractivity contribution in [3.05, 3.63) is 100 Å². The number of aliphatic carboxylic acids is 1. The number of likely N-dealkylation sites (tertiary alicyclic amines) is 1. The first-order valence-corrected chi connectivity index (χ1v) is 13.9. The van der Waals surface area contributed by atoms with Gasteiger partial charge in [0.2, 0.25) is 0 Å². The minimum absolute atomic E-state index is 0.177. The van der Waals surface area contributed by atoms with E-state index in [1.54, 1.807) is 0 Å². The van der Waals surface area contributed by atoms with Crippen LogP contribution in [0.15, 0.2) is 78.4 Å². The van der Waals surface area contributed by atoms with Crippen LogP contribution in [-0.2, 0) is 17.8 Å². The quantitative estimate of drug-likeness (QED) is 0.310. The number of benzene rings is 3. The van der Waals surface area contributed by atoms with E-state index < -0.39 is 12.0 Å². The molecule has 1 saturated heterocycles. The van der Waals surface area contributed by atoms with Crippen molar-refractivity contribution in [2.45, 2.75) is 57.2 Å². The summed E-state index contributed by atoms with van der Waals surface area (Å²) in [6.45, 7) is 2.67. The molecule has 6 heteroatoms. The summed E-state index contributed by atoms with van der Waals surface area (Å²) in [7, 11) is 0. The molecule has 5 rings (SSSR count). The number of carboxylic acid groups (broad SMARTS) is 1. The number of nitrogens with one attached hydrogen (secondary N) is 1. The van der Waals surface area contributed by atoms with E-state index in [-0.39, 0.29) is 6.10 Å². The second kappa shape index (κ2) is 12.2. The summed E-state index contributed by atoms with van der Waals surface area (Å²) < 4.78 is 0. The highest BCUT2D eigenvalue weighted by molar-refractivity contribution is 6.32. The lowest BCUT2D eigenvalue weighted by atomic mass is 9.87. The SMILES string of the molecule is O=C(O)C(Cc1ccc(-c2ccccc2CN2CCC(O)CC2)cc1)NC(=C1CCC1)c1ccccc1Cl. The lowest BCUT2D eigenvalue weighted by molar-refractivity contribution is -0.139. The number of allylic oxidation sites excluding steroid dienone is 1. The van der Waals surface area contributed by atoms with E-state index in [0.29, 0.717) is 11.4 Å². The Morgan fingerprint density at radius 2 is 1.66 bits per heavy atom. The predicted octanol–water partition coefficient (Wildman–Crippen LogP) is 6.14. The van der Waals surface area contributed by atoms with Gasteiger partial charge in [-0.25, -0.2) is 4.79 Å². The van der Waals surface area contributed by atoms with Crippen LogP contribution in [0.2, 0.25) is 5.02 Å². The van der Waals surface area contributed by atoms with Crippen molar-refractivity contribution >= 4 is 23.3 Å². The summed E-state index contributed by atoms with van der Waals surface area (Å²) in [6, 6.07) is 23.5. The summed E-state index contributed by atoms with van der Waals surface area (Å²) in [4.78, 5) is 14.7. The highest BCUT2D eigenvalue weighted by atomic mass is 35.5. The summed E-state index contributed by atoms with van der Waals surface area (Å²) >= 11 is 6.49. The molecular weight excluding hydrogens is 496 g/mol. The number of halogens is 1. The Hall–Kier alpha value is -3.12. The first-order chi connectivity index (χ1) is 18.5. The number of nitrogens with zero attached hydrogens (tertiary/aromatic N) is 1. The Morgan fingerprint density at radius 1 is 0.974 bits per heavy atom. The summed E-state index contributed by atoms with van der Waals surface area (Å²) in [5, 5.41) is 23.9. The maximum atomic E-state index is 12.3. The molecule has 0 amide bonds. The van der Waals surface area contributed by atoms with Gasteiger partial charge in [0.15, 0.2) is 0 Å². The molecule has 5 nitrogen and oxygen atoms in total. The molecule has 3 aromatic carbocycles. The van der Waals surface area contributed by atoms with Crippen LogP contribution >= 0.6 is 11.6 Å². The number of carboxylic acids is 1.